The van der Waals surface area contributed by atoms with Gasteiger partial charge in [-0.15, -0.1) is 54.1 Å². The summed E-state index contributed by atoms with van der Waals surface area (Å²) >= 11 is 0. The molecule has 0 fully saturated rings. The average molecular weight is 1100 g/mol. The summed E-state index contributed by atoms with van der Waals surface area (Å²) in [5.41, 5.74) is 16.4. The Hall–Kier alpha value is -7.37. The molecule has 0 amide bonds. The smallest absolute Gasteiger partial charge is 0.136 e. The van der Waals surface area contributed by atoms with Gasteiger partial charge in [-0.3, -0.25) is 4.98 Å². The predicted octanol–water partition coefficient (Wildman–Crippen LogP) is 18.0. The van der Waals surface area contributed by atoms with Crippen molar-refractivity contribution in [1.29, 1.82) is 0 Å². The predicted molar refractivity (Wildman–Crippen MR) is 291 cm³/mol. The van der Waals surface area contributed by atoms with Crippen molar-refractivity contribution in [1.82, 2.24) is 14.5 Å². The summed E-state index contributed by atoms with van der Waals surface area (Å²) < 4.78 is 31.9. The Morgan fingerprint density at radius 3 is 1.92 bits per heavy atom. The summed E-state index contributed by atoms with van der Waals surface area (Å²) in [5, 5.41) is 4.41. The molecule has 0 aliphatic rings. The van der Waals surface area contributed by atoms with Gasteiger partial charge in [-0.05, 0) is 117 Å². The van der Waals surface area contributed by atoms with Crippen molar-refractivity contribution in [2.75, 3.05) is 0 Å². The third-order valence-electron chi connectivity index (χ3n) is 12.9. The van der Waals surface area contributed by atoms with Gasteiger partial charge < -0.3 is 18.4 Å². The molecule has 8 aromatic carbocycles. The molecule has 1 radical (unpaired) electrons. The zero-order chi connectivity index (χ0) is 49.9. The maximum Gasteiger partial charge on any atom is 0.136 e. The number of hydrogen-bond donors (Lipinski definition) is 0. The molecule has 4 aromatic heterocycles. The van der Waals surface area contributed by atoms with Crippen molar-refractivity contribution in [3.63, 3.8) is 0 Å². The number of nitrogens with zero attached hydrogens (tertiary/aromatic N) is 3. The number of aromatic nitrogens is 3. The Kier molecular flexibility index (Phi) is 12.3. The Morgan fingerprint density at radius 2 is 1.23 bits per heavy atom. The summed E-state index contributed by atoms with van der Waals surface area (Å²) in [4.78, 5) is 9.70. The monoisotopic (exact) mass is 1100 g/mol. The number of fused-ring (bicyclic) bond motifs is 7. The summed E-state index contributed by atoms with van der Waals surface area (Å²) in [6.45, 7) is 14.8. The minimum atomic E-state index is -1.40. The van der Waals surface area contributed by atoms with E-state index in [0.717, 1.165) is 94.2 Å². The van der Waals surface area contributed by atoms with Crippen molar-refractivity contribution >= 4 is 54.9 Å². The molecular weight excluding hydrogens is 1050 g/mol. The van der Waals surface area contributed by atoms with Crippen LogP contribution < -0.4 is 0 Å². The fourth-order valence-electron chi connectivity index (χ4n) is 9.64. The van der Waals surface area contributed by atoms with Crippen LogP contribution in [0.25, 0.3) is 105 Å². The van der Waals surface area contributed by atoms with Gasteiger partial charge in [-0.2, -0.15) is 0 Å². The number of furan rings is 2. The molecule has 0 N–H and O–H groups in total. The average Bonchev–Trinajstić information content (AvgIpc) is 4.09. The summed E-state index contributed by atoms with van der Waals surface area (Å²) in [7, 11) is 0. The van der Waals surface area contributed by atoms with E-state index in [1.807, 2.05) is 81.4 Å². The zero-order valence-corrected chi connectivity index (χ0v) is 43.4. The van der Waals surface area contributed by atoms with Gasteiger partial charge in [0.2, 0.25) is 0 Å². The Labute approximate surface area is 432 Å². The fourth-order valence-corrected chi connectivity index (χ4v) is 9.64. The van der Waals surface area contributed by atoms with Crippen LogP contribution in [-0.2, 0) is 26.5 Å². The van der Waals surface area contributed by atoms with Crippen molar-refractivity contribution in [2.45, 2.75) is 66.7 Å². The number of hydrogen-bond acceptors (Lipinski definition) is 4. The van der Waals surface area contributed by atoms with Crippen LogP contribution in [0.2, 0.25) is 0 Å². The van der Waals surface area contributed by atoms with Gasteiger partial charge >= 0.3 is 0 Å². The SMILES string of the molecule is CC(C)c1cc(-c2ccc3c(c2)oc2ccccc23)cc(C(C)C)c1-n1c(-c2[c-]ccc3c2oc2cc(-c4ccccc4)ccc23)nc2ccccc21.[2H]C([2H])(c1ccc(-c2[c-]cccc2)nc1)C(C)(C)C.[Ir]. The third kappa shape index (κ3) is 9.27. The zero-order valence-electron chi connectivity index (χ0n) is 43.0. The number of imidazole rings is 1. The molecule has 12 aromatic rings. The van der Waals surface area contributed by atoms with Gasteiger partial charge in [0.25, 0.3) is 0 Å². The minimum absolute atomic E-state index is 0. The van der Waals surface area contributed by atoms with E-state index in [4.69, 9.17) is 16.6 Å². The first-order valence-electron chi connectivity index (χ1n) is 25.2. The Morgan fingerprint density at radius 1 is 0.577 bits per heavy atom. The van der Waals surface area contributed by atoms with E-state index in [0.29, 0.717) is 5.56 Å². The summed E-state index contributed by atoms with van der Waals surface area (Å²) in [5.74, 6) is 1.28. The second-order valence-electron chi connectivity index (χ2n) is 19.7. The Bertz CT molecular complexity index is 3910. The van der Waals surface area contributed by atoms with Gasteiger partial charge in [0.05, 0.1) is 22.4 Å². The van der Waals surface area contributed by atoms with Crippen molar-refractivity contribution in [2.24, 2.45) is 5.41 Å². The van der Waals surface area contributed by atoms with Crippen molar-refractivity contribution in [3.05, 3.63) is 211 Å². The fraction of sp³-hybridized carbons (Fsp3) is 0.169. The molecule has 71 heavy (non-hydrogen) atoms. The molecule has 0 saturated carbocycles. The van der Waals surface area contributed by atoms with Gasteiger partial charge in [-0.25, -0.2) is 0 Å². The summed E-state index contributed by atoms with van der Waals surface area (Å²) in [6, 6.07) is 67.1. The summed E-state index contributed by atoms with van der Waals surface area (Å²) in [6.07, 6.45) is 0.223. The molecule has 0 bridgehead atoms. The molecule has 353 valence electrons. The van der Waals surface area contributed by atoms with Gasteiger partial charge in [-0.1, -0.05) is 150 Å². The molecule has 12 rings (SSSR count). The quantitative estimate of drug-likeness (QED) is 0.142. The van der Waals surface area contributed by atoms with E-state index in [9.17, 15) is 0 Å². The maximum atomic E-state index is 8.21. The first-order valence-corrected chi connectivity index (χ1v) is 24.2. The molecule has 5 nitrogen and oxygen atoms in total. The van der Waals surface area contributed by atoms with E-state index in [2.05, 4.69) is 165 Å². The topological polar surface area (TPSA) is 57.0 Å². The molecule has 0 saturated heterocycles. The number of benzene rings is 8. The maximum absolute atomic E-state index is 8.21. The van der Waals surface area contributed by atoms with E-state index in [1.54, 1.807) is 6.20 Å². The van der Waals surface area contributed by atoms with Crippen molar-refractivity contribution < 1.29 is 31.7 Å². The third-order valence-corrected chi connectivity index (χ3v) is 12.9. The second kappa shape index (κ2) is 19.4. The largest absolute Gasteiger partial charge is 0.501 e. The van der Waals surface area contributed by atoms with E-state index >= 15 is 0 Å². The molecule has 4 heterocycles. The minimum Gasteiger partial charge on any atom is -0.501 e. The second-order valence-corrected chi connectivity index (χ2v) is 19.7. The van der Waals surface area contributed by atoms with E-state index in [1.165, 1.54) is 22.4 Å². The van der Waals surface area contributed by atoms with E-state index < -0.39 is 11.8 Å². The molecule has 0 aliphatic heterocycles. The number of pyridine rings is 1. The van der Waals surface area contributed by atoms with Crippen LogP contribution in [0.3, 0.4) is 0 Å². The molecule has 0 spiro atoms. The standard InChI is InChI=1S/C49H37N2O2.C16H18N.Ir/c1-29(2)40-25-34(33-22-23-36-35-15-8-11-20-44(35)52-45(36)28-33)26-41(30(3)4)47(40)51-43-19-10-9-18-42(43)50-49(51)39-17-12-16-38-37-24-21-32(27-46(37)53-48(38)39)31-13-6-5-7-14-31;1-16(2,3)11-13-9-10-15(17-12-13)14-7-5-4-6-8-14;/h5-16,18-30H,1-4H3;4-7,9-10,12H,11H2,1-3H3;/q2*-1;/i;11D2;. The molecule has 0 atom stereocenters. The molecule has 0 unspecified atom stereocenters. The first-order chi connectivity index (χ1) is 34.7. The van der Waals surface area contributed by atoms with Crippen molar-refractivity contribution in [3.8, 4) is 50.6 Å². The number of para-hydroxylation sites is 3. The Balaban J connectivity index is 0.000000259. The first kappa shape index (κ1) is 44.8. The van der Waals surface area contributed by atoms with Crippen LogP contribution >= 0.6 is 0 Å². The van der Waals surface area contributed by atoms with Crippen LogP contribution in [0.5, 0.6) is 0 Å². The van der Waals surface area contributed by atoms with E-state index in [-0.39, 0.29) is 31.9 Å². The van der Waals surface area contributed by atoms with Crippen LogP contribution in [-0.4, -0.2) is 14.5 Å². The van der Waals surface area contributed by atoms with Crippen LogP contribution in [0.1, 0.15) is 79.7 Å². The van der Waals surface area contributed by atoms with Crippen LogP contribution in [0.15, 0.2) is 191 Å². The molecule has 6 heteroatoms. The molecule has 0 aliphatic carbocycles. The van der Waals surface area contributed by atoms with Gasteiger partial charge in [0.15, 0.2) is 0 Å². The van der Waals surface area contributed by atoms with Crippen LogP contribution in [0.4, 0.5) is 0 Å². The normalized spacial score (nSPS) is 12.4. The van der Waals surface area contributed by atoms with Crippen LogP contribution in [0, 0.1) is 17.5 Å². The molecular formula is C65H55IrN3O2-2. The number of rotatable bonds is 8. The van der Waals surface area contributed by atoms with Gasteiger partial charge in [0, 0.05) is 50.9 Å². The van der Waals surface area contributed by atoms with Gasteiger partial charge in [0.1, 0.15) is 16.7 Å².